The molecule has 8 nitrogen and oxygen atoms in total. The van der Waals surface area contributed by atoms with Gasteiger partial charge in [-0.25, -0.2) is 4.79 Å². The van der Waals surface area contributed by atoms with E-state index in [1.807, 2.05) is 12.1 Å². The van der Waals surface area contributed by atoms with Gasteiger partial charge in [0.15, 0.2) is 12.4 Å². The number of hydrogen-bond acceptors (Lipinski definition) is 6. The summed E-state index contributed by atoms with van der Waals surface area (Å²) in [4.78, 5) is 34.7. The molecule has 2 aromatic carbocycles. The van der Waals surface area contributed by atoms with E-state index in [1.165, 1.54) is 12.1 Å². The monoisotopic (exact) mass is 400 g/mol. The highest BCUT2D eigenvalue weighted by Crippen LogP contribution is 2.28. The minimum atomic E-state index is -0.839. The molecule has 0 aliphatic heterocycles. The second-order valence-electron chi connectivity index (χ2n) is 7.32. The van der Waals surface area contributed by atoms with Gasteiger partial charge in [-0.2, -0.15) is 0 Å². The molecule has 0 spiro atoms. The molecule has 0 saturated heterocycles. The number of rotatable bonds is 7. The number of carbonyl (C=O) groups excluding carboxylic acids is 2. The van der Waals surface area contributed by atoms with Crippen molar-refractivity contribution >= 4 is 23.3 Å². The van der Waals surface area contributed by atoms with Crippen molar-refractivity contribution in [3.63, 3.8) is 0 Å². The Hall–Kier alpha value is -3.42. The predicted octanol–water partition coefficient (Wildman–Crippen LogP) is 4.09. The number of anilines is 1. The van der Waals surface area contributed by atoms with Crippen molar-refractivity contribution in [3.05, 3.63) is 63.7 Å². The molecule has 0 atom stereocenters. The lowest BCUT2D eigenvalue weighted by molar-refractivity contribution is -0.385. The first-order valence-corrected chi connectivity index (χ1v) is 9.10. The van der Waals surface area contributed by atoms with Crippen molar-refractivity contribution in [2.45, 2.75) is 33.1 Å². The van der Waals surface area contributed by atoms with Gasteiger partial charge in [0, 0.05) is 11.8 Å². The Kier molecular flexibility index (Phi) is 6.93. The highest BCUT2D eigenvalue weighted by Gasteiger charge is 2.20. The topological polar surface area (TPSA) is 108 Å². The Morgan fingerprint density at radius 2 is 1.76 bits per heavy atom. The number of nitro groups is 1. The highest BCUT2D eigenvalue weighted by atomic mass is 16.6. The maximum atomic E-state index is 12.1. The van der Waals surface area contributed by atoms with Crippen LogP contribution in [0.25, 0.3) is 0 Å². The van der Waals surface area contributed by atoms with Crippen LogP contribution in [-0.4, -0.2) is 30.0 Å². The zero-order valence-corrected chi connectivity index (χ0v) is 16.9. The van der Waals surface area contributed by atoms with E-state index in [2.05, 4.69) is 26.1 Å². The molecule has 0 heterocycles. The molecule has 0 aromatic heterocycles. The molecule has 0 radical (unpaired) electrons. The van der Waals surface area contributed by atoms with Crippen LogP contribution in [0.15, 0.2) is 42.5 Å². The molecule has 1 N–H and O–H groups in total. The van der Waals surface area contributed by atoms with E-state index in [-0.39, 0.29) is 29.0 Å². The molecule has 0 unspecified atom stereocenters. The van der Waals surface area contributed by atoms with Crippen molar-refractivity contribution in [2.24, 2.45) is 0 Å². The number of nitrogens with zero attached hydrogens (tertiary/aromatic N) is 1. The Bertz CT molecular complexity index is 900. The van der Waals surface area contributed by atoms with Gasteiger partial charge in [-0.15, -0.1) is 0 Å². The molecule has 2 aromatic rings. The summed E-state index contributed by atoms with van der Waals surface area (Å²) < 4.78 is 10.1. The minimum absolute atomic E-state index is 0.00159. The number of hydrogen-bond donors (Lipinski definition) is 1. The van der Waals surface area contributed by atoms with E-state index < -0.39 is 23.4 Å². The zero-order chi connectivity index (χ0) is 21.6. The molecule has 0 fully saturated rings. The predicted molar refractivity (Wildman–Crippen MR) is 108 cm³/mol. The third-order valence-corrected chi connectivity index (χ3v) is 4.06. The smallest absolute Gasteiger partial charge is 0.338 e. The van der Waals surface area contributed by atoms with Crippen LogP contribution in [0.2, 0.25) is 0 Å². The van der Waals surface area contributed by atoms with Gasteiger partial charge in [0.2, 0.25) is 0 Å². The number of nitro benzene ring substituents is 1. The molecule has 0 aliphatic carbocycles. The molecule has 0 saturated carbocycles. The molecule has 0 bridgehead atoms. The Balaban J connectivity index is 1.97. The Labute approximate surface area is 169 Å². The number of amides is 1. The first kappa shape index (κ1) is 21.9. The van der Waals surface area contributed by atoms with Crippen molar-refractivity contribution in [1.29, 1.82) is 0 Å². The van der Waals surface area contributed by atoms with E-state index in [9.17, 15) is 19.7 Å². The van der Waals surface area contributed by atoms with Gasteiger partial charge < -0.3 is 14.8 Å². The number of ether oxygens (including phenoxy) is 2. The summed E-state index contributed by atoms with van der Waals surface area (Å²) in [5.41, 5.74) is 1.32. The van der Waals surface area contributed by atoms with Crippen LogP contribution >= 0.6 is 0 Å². The third kappa shape index (κ3) is 6.03. The number of benzene rings is 2. The average Bonchev–Trinajstić information content (AvgIpc) is 2.66. The van der Waals surface area contributed by atoms with E-state index >= 15 is 0 Å². The molecule has 154 valence electrons. The average molecular weight is 400 g/mol. The summed E-state index contributed by atoms with van der Waals surface area (Å²) in [6.07, 6.45) is 0. The summed E-state index contributed by atoms with van der Waals surface area (Å²) in [5, 5.41) is 13.8. The normalized spacial score (nSPS) is 10.9. The molecular weight excluding hydrogens is 376 g/mol. The van der Waals surface area contributed by atoms with Crippen LogP contribution in [-0.2, 0) is 14.9 Å². The van der Waals surface area contributed by atoms with Gasteiger partial charge in [-0.05, 0) is 42.2 Å². The van der Waals surface area contributed by atoms with Gasteiger partial charge >= 0.3 is 11.7 Å². The van der Waals surface area contributed by atoms with Gasteiger partial charge in [0.1, 0.15) is 0 Å². The maximum Gasteiger partial charge on any atom is 0.338 e. The van der Waals surface area contributed by atoms with Crippen LogP contribution in [0.4, 0.5) is 11.4 Å². The van der Waals surface area contributed by atoms with Gasteiger partial charge in [0.25, 0.3) is 5.91 Å². The summed E-state index contributed by atoms with van der Waals surface area (Å²) >= 11 is 0. The van der Waals surface area contributed by atoms with Gasteiger partial charge in [-0.3, -0.25) is 14.9 Å². The fourth-order valence-corrected chi connectivity index (χ4v) is 2.53. The number of nitrogens with one attached hydrogen (secondary N) is 1. The van der Waals surface area contributed by atoms with Crippen molar-refractivity contribution < 1.29 is 24.0 Å². The second kappa shape index (κ2) is 9.18. The maximum absolute atomic E-state index is 12.1. The molecule has 2 rings (SSSR count). The number of carbonyl (C=O) groups is 2. The molecule has 1 amide bonds. The van der Waals surface area contributed by atoms with Crippen LogP contribution in [0.3, 0.4) is 0 Å². The molecular formula is C21H24N2O6. The molecule has 8 heteroatoms. The highest BCUT2D eigenvalue weighted by molar-refractivity contribution is 5.95. The summed E-state index contributed by atoms with van der Waals surface area (Å²) in [7, 11) is 0. The molecule has 0 aliphatic rings. The quantitative estimate of drug-likeness (QED) is 0.426. The first-order valence-electron chi connectivity index (χ1n) is 9.10. The third-order valence-electron chi connectivity index (χ3n) is 4.06. The van der Waals surface area contributed by atoms with E-state index in [0.717, 1.165) is 11.6 Å². The fourth-order valence-electron chi connectivity index (χ4n) is 2.53. The van der Waals surface area contributed by atoms with Crippen LogP contribution in [0.5, 0.6) is 5.75 Å². The van der Waals surface area contributed by atoms with Crippen molar-refractivity contribution in [2.75, 3.05) is 18.5 Å². The standard InChI is InChI=1S/C21H24N2O6/c1-5-28-18-11-6-14(12-17(18)23(26)27)20(25)29-13-19(24)22-16-9-7-15(8-10-16)21(2,3)4/h6-12H,5,13H2,1-4H3,(H,22,24). The van der Waals surface area contributed by atoms with E-state index in [4.69, 9.17) is 9.47 Å². The lowest BCUT2D eigenvalue weighted by atomic mass is 9.87. The Morgan fingerprint density at radius 1 is 1.10 bits per heavy atom. The van der Waals surface area contributed by atoms with Crippen LogP contribution < -0.4 is 10.1 Å². The number of esters is 1. The second-order valence-corrected chi connectivity index (χ2v) is 7.32. The Morgan fingerprint density at radius 3 is 2.31 bits per heavy atom. The largest absolute Gasteiger partial charge is 0.487 e. The van der Waals surface area contributed by atoms with Gasteiger partial charge in [0.05, 0.1) is 17.1 Å². The SMILES string of the molecule is CCOc1ccc(C(=O)OCC(=O)Nc2ccc(C(C)(C)C)cc2)cc1[N+](=O)[O-]. The summed E-state index contributed by atoms with van der Waals surface area (Å²) in [6.45, 7) is 7.70. The van der Waals surface area contributed by atoms with Crippen molar-refractivity contribution in [1.82, 2.24) is 0 Å². The van der Waals surface area contributed by atoms with E-state index in [0.29, 0.717) is 5.69 Å². The molecule has 29 heavy (non-hydrogen) atoms. The summed E-state index contributed by atoms with van der Waals surface area (Å²) in [5.74, 6) is -1.29. The fraction of sp³-hybridized carbons (Fsp3) is 0.333. The first-order chi connectivity index (χ1) is 13.6. The van der Waals surface area contributed by atoms with Crippen LogP contribution in [0, 0.1) is 10.1 Å². The van der Waals surface area contributed by atoms with Gasteiger partial charge in [-0.1, -0.05) is 32.9 Å². The summed E-state index contributed by atoms with van der Waals surface area (Å²) in [6, 6.07) is 11.1. The van der Waals surface area contributed by atoms with Crippen LogP contribution in [0.1, 0.15) is 43.6 Å². The van der Waals surface area contributed by atoms with E-state index in [1.54, 1.807) is 19.1 Å². The lowest BCUT2D eigenvalue weighted by Crippen LogP contribution is -2.21. The minimum Gasteiger partial charge on any atom is -0.487 e. The lowest BCUT2D eigenvalue weighted by Gasteiger charge is -2.19. The zero-order valence-electron chi connectivity index (χ0n) is 16.9. The van der Waals surface area contributed by atoms with Crippen molar-refractivity contribution in [3.8, 4) is 5.75 Å².